The van der Waals surface area contributed by atoms with Crippen molar-refractivity contribution in [2.45, 2.75) is 6.92 Å². The van der Waals surface area contributed by atoms with Gasteiger partial charge in [0.05, 0.1) is 26.5 Å². The number of hydrogen-bond donors (Lipinski definition) is 3. The molecule has 0 radical (unpaired) electrons. The van der Waals surface area contributed by atoms with Crippen LogP contribution in [0.15, 0.2) is 47.6 Å². The summed E-state index contributed by atoms with van der Waals surface area (Å²) in [6, 6.07) is 11.5. The lowest BCUT2D eigenvalue weighted by atomic mass is 10.2. The van der Waals surface area contributed by atoms with Gasteiger partial charge in [-0.15, -0.1) is 0 Å². The van der Waals surface area contributed by atoms with Gasteiger partial charge in [0.2, 0.25) is 0 Å². The predicted molar refractivity (Wildman–Crippen MR) is 100 cm³/mol. The molecule has 0 saturated heterocycles. The summed E-state index contributed by atoms with van der Waals surface area (Å²) in [6.07, 6.45) is 1.28. The molecule has 3 N–H and O–H groups in total. The van der Waals surface area contributed by atoms with Gasteiger partial charge in [-0.05, 0) is 43.3 Å². The zero-order valence-electron chi connectivity index (χ0n) is 15.1. The summed E-state index contributed by atoms with van der Waals surface area (Å²) in [6.45, 7) is 2.17. The Morgan fingerprint density at radius 1 is 1.19 bits per heavy atom. The third-order valence-corrected chi connectivity index (χ3v) is 3.48. The van der Waals surface area contributed by atoms with Gasteiger partial charge in [0.25, 0.3) is 11.8 Å². The van der Waals surface area contributed by atoms with Crippen molar-refractivity contribution in [3.8, 4) is 17.2 Å². The highest BCUT2D eigenvalue weighted by Crippen LogP contribution is 2.27. The summed E-state index contributed by atoms with van der Waals surface area (Å²) >= 11 is 0. The molecule has 0 saturated carbocycles. The molecule has 2 aromatic rings. The number of hydrazone groups is 1. The number of ether oxygens (including phenoxy) is 2. The van der Waals surface area contributed by atoms with Gasteiger partial charge in [-0.3, -0.25) is 9.59 Å². The third-order valence-electron chi connectivity index (χ3n) is 3.48. The van der Waals surface area contributed by atoms with Crippen molar-refractivity contribution in [1.82, 2.24) is 10.7 Å². The minimum Gasteiger partial charge on any atom is -0.504 e. The minimum absolute atomic E-state index is 0.0817. The molecule has 0 aliphatic carbocycles. The smallest absolute Gasteiger partial charge is 0.259 e. The Morgan fingerprint density at radius 2 is 1.93 bits per heavy atom. The molecule has 0 aromatic heterocycles. The first-order chi connectivity index (χ1) is 13.0. The van der Waals surface area contributed by atoms with Crippen LogP contribution in [-0.4, -0.2) is 43.4 Å². The molecular formula is C19H21N3O5. The normalized spacial score (nSPS) is 10.4. The number of benzene rings is 2. The number of carbonyl (C=O) groups is 2. The molecular weight excluding hydrogens is 350 g/mol. The Balaban J connectivity index is 1.83. The maximum Gasteiger partial charge on any atom is 0.259 e. The zero-order chi connectivity index (χ0) is 19.6. The molecule has 142 valence electrons. The highest BCUT2D eigenvalue weighted by Gasteiger charge is 2.08. The van der Waals surface area contributed by atoms with Crippen LogP contribution in [0.2, 0.25) is 0 Å². The summed E-state index contributed by atoms with van der Waals surface area (Å²) < 4.78 is 10.3. The number of aromatic hydroxyl groups is 1. The first-order valence-corrected chi connectivity index (χ1v) is 8.24. The van der Waals surface area contributed by atoms with E-state index in [4.69, 9.17) is 9.47 Å². The SMILES string of the molecule is CCOc1ccc(C(=O)NCC(=O)N/N=C/c2cccc(OC)c2O)cc1. The van der Waals surface area contributed by atoms with Crippen molar-refractivity contribution in [3.63, 3.8) is 0 Å². The fourth-order valence-electron chi connectivity index (χ4n) is 2.15. The quantitative estimate of drug-likeness (QED) is 0.483. The van der Waals surface area contributed by atoms with Crippen molar-refractivity contribution in [3.05, 3.63) is 53.6 Å². The molecule has 0 atom stereocenters. The molecule has 0 spiro atoms. The van der Waals surface area contributed by atoms with Gasteiger partial charge >= 0.3 is 0 Å². The molecule has 0 unspecified atom stereocenters. The number of nitrogens with one attached hydrogen (secondary N) is 2. The number of hydrogen-bond acceptors (Lipinski definition) is 6. The van der Waals surface area contributed by atoms with Crippen LogP contribution in [0.4, 0.5) is 0 Å². The Hall–Kier alpha value is -3.55. The van der Waals surface area contributed by atoms with E-state index in [-0.39, 0.29) is 18.2 Å². The monoisotopic (exact) mass is 371 g/mol. The first-order valence-electron chi connectivity index (χ1n) is 8.24. The molecule has 2 amide bonds. The van der Waals surface area contributed by atoms with Crippen LogP contribution in [0.3, 0.4) is 0 Å². The number of rotatable bonds is 8. The second kappa shape index (κ2) is 9.81. The van der Waals surface area contributed by atoms with E-state index in [9.17, 15) is 14.7 Å². The van der Waals surface area contributed by atoms with Gasteiger partial charge in [0.15, 0.2) is 11.5 Å². The Labute approximate surface area is 156 Å². The number of methoxy groups -OCH3 is 1. The number of phenols is 1. The number of amides is 2. The molecule has 0 heterocycles. The summed E-state index contributed by atoms with van der Waals surface area (Å²) in [5.74, 6) is -0.00726. The van der Waals surface area contributed by atoms with Gasteiger partial charge in [0, 0.05) is 11.1 Å². The van der Waals surface area contributed by atoms with E-state index in [1.165, 1.54) is 13.3 Å². The van der Waals surface area contributed by atoms with Gasteiger partial charge in [0.1, 0.15) is 5.75 Å². The van der Waals surface area contributed by atoms with E-state index in [1.54, 1.807) is 42.5 Å². The molecule has 0 aliphatic heterocycles. The van der Waals surface area contributed by atoms with Gasteiger partial charge in [-0.1, -0.05) is 6.07 Å². The van der Waals surface area contributed by atoms with Gasteiger partial charge in [-0.2, -0.15) is 5.10 Å². The van der Waals surface area contributed by atoms with Crippen LogP contribution in [0.25, 0.3) is 0 Å². The lowest BCUT2D eigenvalue weighted by Crippen LogP contribution is -2.34. The maximum absolute atomic E-state index is 12.0. The van der Waals surface area contributed by atoms with Gasteiger partial charge < -0.3 is 19.9 Å². The lowest BCUT2D eigenvalue weighted by molar-refractivity contribution is -0.120. The fraction of sp³-hybridized carbons (Fsp3) is 0.211. The standard InChI is InChI=1S/C19H21N3O5/c1-3-27-15-9-7-13(8-10-15)19(25)20-12-17(23)22-21-11-14-5-4-6-16(26-2)18(14)24/h4-11,24H,3,12H2,1-2H3,(H,20,25)(H,22,23)/b21-11+. The summed E-state index contributed by atoms with van der Waals surface area (Å²) in [4.78, 5) is 23.8. The highest BCUT2D eigenvalue weighted by atomic mass is 16.5. The van der Waals surface area contributed by atoms with E-state index < -0.39 is 5.91 Å². The van der Waals surface area contributed by atoms with Crippen LogP contribution >= 0.6 is 0 Å². The Kier molecular flexibility index (Phi) is 7.18. The molecule has 27 heavy (non-hydrogen) atoms. The van der Waals surface area contributed by atoms with E-state index in [1.807, 2.05) is 6.92 Å². The average molecular weight is 371 g/mol. The van der Waals surface area contributed by atoms with Crippen LogP contribution in [0, 0.1) is 0 Å². The summed E-state index contributed by atoms with van der Waals surface area (Å²) in [5.41, 5.74) is 3.07. The van der Waals surface area contributed by atoms with Crippen molar-refractivity contribution >= 4 is 18.0 Å². The third kappa shape index (κ3) is 5.74. The number of nitrogens with zero attached hydrogens (tertiary/aromatic N) is 1. The van der Waals surface area contributed by atoms with Crippen molar-refractivity contribution in [1.29, 1.82) is 0 Å². The van der Waals surface area contributed by atoms with Crippen LogP contribution < -0.4 is 20.2 Å². The van der Waals surface area contributed by atoms with E-state index in [0.29, 0.717) is 29.2 Å². The number of carbonyl (C=O) groups excluding carboxylic acids is 2. The van der Waals surface area contributed by atoms with Crippen molar-refractivity contribution in [2.75, 3.05) is 20.3 Å². The van der Waals surface area contributed by atoms with Crippen LogP contribution in [0.1, 0.15) is 22.8 Å². The van der Waals surface area contributed by atoms with Crippen LogP contribution in [0.5, 0.6) is 17.2 Å². The van der Waals surface area contributed by atoms with Crippen molar-refractivity contribution < 1.29 is 24.2 Å². The largest absolute Gasteiger partial charge is 0.504 e. The van der Waals surface area contributed by atoms with Crippen LogP contribution in [-0.2, 0) is 4.79 Å². The Bertz CT molecular complexity index is 819. The Morgan fingerprint density at radius 3 is 2.59 bits per heavy atom. The zero-order valence-corrected chi connectivity index (χ0v) is 15.1. The fourth-order valence-corrected chi connectivity index (χ4v) is 2.15. The molecule has 8 heteroatoms. The molecule has 8 nitrogen and oxygen atoms in total. The van der Waals surface area contributed by atoms with Gasteiger partial charge in [-0.25, -0.2) is 5.43 Å². The first kappa shape index (κ1) is 19.8. The molecule has 0 fully saturated rings. The molecule has 2 aromatic carbocycles. The maximum atomic E-state index is 12.0. The number of phenolic OH excluding ortho intramolecular Hbond substituents is 1. The molecule has 0 bridgehead atoms. The van der Waals surface area contributed by atoms with E-state index >= 15 is 0 Å². The number of para-hydroxylation sites is 1. The topological polar surface area (TPSA) is 109 Å². The minimum atomic E-state index is -0.507. The predicted octanol–water partition coefficient (Wildman–Crippen LogP) is 1.68. The molecule has 2 rings (SSSR count). The summed E-state index contributed by atoms with van der Waals surface area (Å²) in [5, 5.41) is 16.2. The second-order valence-electron chi connectivity index (χ2n) is 5.33. The lowest BCUT2D eigenvalue weighted by Gasteiger charge is -2.06. The van der Waals surface area contributed by atoms with E-state index in [0.717, 1.165) is 0 Å². The van der Waals surface area contributed by atoms with Crippen molar-refractivity contribution in [2.24, 2.45) is 5.10 Å². The van der Waals surface area contributed by atoms with E-state index in [2.05, 4.69) is 15.8 Å². The average Bonchev–Trinajstić information content (AvgIpc) is 2.68. The molecule has 0 aliphatic rings. The highest BCUT2D eigenvalue weighted by molar-refractivity contribution is 5.96. The second-order valence-corrected chi connectivity index (χ2v) is 5.33. The summed E-state index contributed by atoms with van der Waals surface area (Å²) in [7, 11) is 1.44.